The second kappa shape index (κ2) is 5.87. The number of carbonyl (C=O) groups excluding carboxylic acids is 1. The van der Waals surface area contributed by atoms with Gasteiger partial charge in [-0.15, -0.1) is 0 Å². The number of imidazole rings is 1. The van der Waals surface area contributed by atoms with E-state index >= 15 is 0 Å². The molecule has 1 amide bonds. The molecule has 0 unspecified atom stereocenters. The van der Waals surface area contributed by atoms with Crippen LogP contribution >= 0.6 is 0 Å². The van der Waals surface area contributed by atoms with Crippen molar-refractivity contribution in [1.82, 2.24) is 20.3 Å². The lowest BCUT2D eigenvalue weighted by atomic mass is 10.1. The van der Waals surface area contributed by atoms with Crippen LogP contribution in [0.2, 0.25) is 0 Å². The molecule has 0 radical (unpaired) electrons. The van der Waals surface area contributed by atoms with Crippen molar-refractivity contribution in [2.75, 3.05) is 0 Å². The number of hydrogen-bond acceptors (Lipinski definition) is 4. The number of oxazole rings is 1. The quantitative estimate of drug-likeness (QED) is 0.775. The molecular weight excluding hydrogens is 292 g/mol. The van der Waals surface area contributed by atoms with Crippen LogP contribution in [0.1, 0.15) is 46.0 Å². The third kappa shape index (κ3) is 2.84. The Labute approximate surface area is 134 Å². The summed E-state index contributed by atoms with van der Waals surface area (Å²) in [4.78, 5) is 24.2. The fraction of sp³-hybridized carbons (Fsp3) is 0.353. The Kier molecular flexibility index (Phi) is 3.90. The van der Waals surface area contributed by atoms with Crippen molar-refractivity contribution in [1.29, 1.82) is 0 Å². The molecule has 6 heteroatoms. The molecule has 2 N–H and O–H groups in total. The van der Waals surface area contributed by atoms with E-state index < -0.39 is 0 Å². The van der Waals surface area contributed by atoms with E-state index in [2.05, 4.69) is 33.3 Å². The second-order valence-electron chi connectivity index (χ2n) is 5.65. The Morgan fingerprint density at radius 3 is 2.74 bits per heavy atom. The Bertz CT molecular complexity index is 876. The van der Waals surface area contributed by atoms with E-state index in [0.717, 1.165) is 22.4 Å². The highest BCUT2D eigenvalue weighted by atomic mass is 16.4. The summed E-state index contributed by atoms with van der Waals surface area (Å²) in [5.74, 6) is 1.28. The van der Waals surface area contributed by atoms with Gasteiger partial charge in [-0.2, -0.15) is 0 Å². The minimum Gasteiger partial charge on any atom is -0.435 e. The smallest absolute Gasteiger partial charge is 0.289 e. The zero-order valence-corrected chi connectivity index (χ0v) is 13.8. The minimum absolute atomic E-state index is 0.269. The summed E-state index contributed by atoms with van der Waals surface area (Å²) in [6.07, 6.45) is 0.663. The summed E-state index contributed by atoms with van der Waals surface area (Å²) in [6.45, 7) is 8.12. The highest BCUT2D eigenvalue weighted by Gasteiger charge is 2.17. The number of rotatable bonds is 4. The first-order valence-electron chi connectivity index (χ1n) is 7.69. The number of aromatic nitrogens is 3. The second-order valence-corrected chi connectivity index (χ2v) is 5.65. The third-order valence-electron chi connectivity index (χ3n) is 3.99. The molecule has 3 aromatic rings. The fourth-order valence-electron chi connectivity index (χ4n) is 2.51. The number of nitrogens with zero attached hydrogens (tertiary/aromatic N) is 2. The van der Waals surface area contributed by atoms with Crippen LogP contribution in [0.4, 0.5) is 0 Å². The number of H-pyrrole nitrogens is 1. The predicted octanol–water partition coefficient (Wildman–Crippen LogP) is 2.97. The average Bonchev–Trinajstić information content (AvgIpc) is 3.12. The number of amides is 1. The maximum absolute atomic E-state index is 12.2. The van der Waals surface area contributed by atoms with Crippen LogP contribution in [-0.2, 0) is 13.0 Å². The number of fused-ring (bicyclic) bond motifs is 1. The molecule has 0 bridgehead atoms. The molecule has 0 aliphatic rings. The van der Waals surface area contributed by atoms with Crippen LogP contribution in [0, 0.1) is 20.8 Å². The van der Waals surface area contributed by atoms with Crippen molar-refractivity contribution in [2.45, 2.75) is 40.7 Å². The largest absolute Gasteiger partial charge is 0.435 e. The lowest BCUT2D eigenvalue weighted by molar-refractivity contribution is 0.0919. The SMILES string of the molecule is CCc1nc(C)c(C(=O)NCc2nc3c(C)c(C)ccc3[nH]2)o1. The van der Waals surface area contributed by atoms with Crippen molar-refractivity contribution < 1.29 is 9.21 Å². The molecule has 0 saturated heterocycles. The normalized spacial score (nSPS) is 11.1. The van der Waals surface area contributed by atoms with Gasteiger partial charge in [-0.25, -0.2) is 9.97 Å². The van der Waals surface area contributed by atoms with Crippen molar-refractivity contribution in [3.63, 3.8) is 0 Å². The molecule has 3 rings (SSSR count). The monoisotopic (exact) mass is 312 g/mol. The number of hydrogen-bond donors (Lipinski definition) is 2. The van der Waals surface area contributed by atoms with Gasteiger partial charge in [-0.05, 0) is 38.0 Å². The molecule has 0 fully saturated rings. The van der Waals surface area contributed by atoms with Gasteiger partial charge >= 0.3 is 0 Å². The molecule has 0 aliphatic carbocycles. The summed E-state index contributed by atoms with van der Waals surface area (Å²) in [5.41, 5.74) is 4.87. The number of benzene rings is 1. The van der Waals surface area contributed by atoms with Crippen LogP contribution in [0.25, 0.3) is 11.0 Å². The van der Waals surface area contributed by atoms with E-state index in [4.69, 9.17) is 4.42 Å². The standard InChI is InChI=1S/C17H20N4O2/c1-5-14-19-11(4)16(23-14)17(22)18-8-13-20-12-7-6-9(2)10(3)15(12)21-13/h6-7H,5,8H2,1-4H3,(H,18,22)(H,20,21). The topological polar surface area (TPSA) is 83.8 Å². The summed E-state index contributed by atoms with van der Waals surface area (Å²) < 4.78 is 5.45. The van der Waals surface area contributed by atoms with Gasteiger partial charge < -0.3 is 14.7 Å². The lowest BCUT2D eigenvalue weighted by Crippen LogP contribution is -2.23. The number of nitrogens with one attached hydrogen (secondary N) is 2. The van der Waals surface area contributed by atoms with E-state index in [1.54, 1.807) is 6.92 Å². The molecule has 2 aromatic heterocycles. The first kappa shape index (κ1) is 15.3. The van der Waals surface area contributed by atoms with Gasteiger partial charge in [0.2, 0.25) is 5.76 Å². The van der Waals surface area contributed by atoms with E-state index in [-0.39, 0.29) is 11.7 Å². The molecule has 23 heavy (non-hydrogen) atoms. The first-order valence-corrected chi connectivity index (χ1v) is 7.69. The number of aryl methyl sites for hydroxylation is 4. The molecule has 6 nitrogen and oxygen atoms in total. The molecule has 0 aliphatic heterocycles. The van der Waals surface area contributed by atoms with Gasteiger partial charge in [0.25, 0.3) is 5.91 Å². The van der Waals surface area contributed by atoms with Gasteiger partial charge in [0.05, 0.1) is 23.3 Å². The number of aromatic amines is 1. The minimum atomic E-state index is -0.275. The third-order valence-corrected chi connectivity index (χ3v) is 3.99. The number of carbonyl (C=O) groups is 1. The molecular formula is C17H20N4O2. The Morgan fingerprint density at radius 1 is 1.26 bits per heavy atom. The van der Waals surface area contributed by atoms with Gasteiger partial charge in [-0.3, -0.25) is 4.79 Å². The van der Waals surface area contributed by atoms with Crippen molar-refractivity contribution in [3.8, 4) is 0 Å². The zero-order valence-electron chi connectivity index (χ0n) is 13.8. The van der Waals surface area contributed by atoms with Crippen LogP contribution in [0.5, 0.6) is 0 Å². The summed E-state index contributed by atoms with van der Waals surface area (Å²) in [6, 6.07) is 4.06. The highest BCUT2D eigenvalue weighted by Crippen LogP contribution is 2.19. The van der Waals surface area contributed by atoms with Crippen LogP contribution < -0.4 is 5.32 Å². The van der Waals surface area contributed by atoms with Crippen LogP contribution in [-0.4, -0.2) is 20.9 Å². The van der Waals surface area contributed by atoms with Crippen LogP contribution in [0.3, 0.4) is 0 Å². The molecule has 2 heterocycles. The Morgan fingerprint density at radius 2 is 2.04 bits per heavy atom. The molecule has 0 spiro atoms. The maximum Gasteiger partial charge on any atom is 0.289 e. The summed E-state index contributed by atoms with van der Waals surface area (Å²) >= 11 is 0. The summed E-state index contributed by atoms with van der Waals surface area (Å²) in [5, 5.41) is 2.82. The zero-order chi connectivity index (χ0) is 16.6. The van der Waals surface area contributed by atoms with Gasteiger partial charge in [0, 0.05) is 6.42 Å². The Hall–Kier alpha value is -2.63. The molecule has 1 aromatic carbocycles. The average molecular weight is 312 g/mol. The summed E-state index contributed by atoms with van der Waals surface area (Å²) in [7, 11) is 0. The van der Waals surface area contributed by atoms with Crippen molar-refractivity contribution >= 4 is 16.9 Å². The van der Waals surface area contributed by atoms with Gasteiger partial charge in [-0.1, -0.05) is 13.0 Å². The van der Waals surface area contributed by atoms with E-state index in [1.165, 1.54) is 5.56 Å². The lowest BCUT2D eigenvalue weighted by Gasteiger charge is -2.00. The van der Waals surface area contributed by atoms with Gasteiger partial charge in [0.1, 0.15) is 5.82 Å². The van der Waals surface area contributed by atoms with E-state index in [1.807, 2.05) is 19.9 Å². The Balaban J connectivity index is 1.76. The molecule has 0 saturated carbocycles. The van der Waals surface area contributed by atoms with Crippen molar-refractivity contribution in [2.24, 2.45) is 0 Å². The van der Waals surface area contributed by atoms with E-state index in [0.29, 0.717) is 24.6 Å². The highest BCUT2D eigenvalue weighted by molar-refractivity contribution is 5.92. The van der Waals surface area contributed by atoms with Crippen molar-refractivity contribution in [3.05, 3.63) is 46.4 Å². The fourth-order valence-corrected chi connectivity index (χ4v) is 2.51. The first-order chi connectivity index (χ1) is 11.0. The molecule has 0 atom stereocenters. The van der Waals surface area contributed by atoms with Gasteiger partial charge in [0.15, 0.2) is 5.89 Å². The van der Waals surface area contributed by atoms with E-state index in [9.17, 15) is 4.79 Å². The predicted molar refractivity (Wildman–Crippen MR) is 87.4 cm³/mol. The maximum atomic E-state index is 12.2. The molecule has 120 valence electrons. The van der Waals surface area contributed by atoms with Crippen LogP contribution in [0.15, 0.2) is 16.5 Å².